The largest absolute Gasteiger partial charge is 0.490 e. The SMILES string of the molecule is CCOc1cc(CN[C@@H]2CN3CCC2CC3)cc(Cl)c1OCc1ccccc1. The number of hydrogen-bond donors (Lipinski definition) is 1. The third-order valence-corrected chi connectivity index (χ3v) is 6.10. The van der Waals surface area contributed by atoms with Crippen molar-refractivity contribution in [1.82, 2.24) is 10.2 Å². The molecule has 3 heterocycles. The number of halogens is 1. The van der Waals surface area contributed by atoms with Crippen molar-refractivity contribution >= 4 is 11.6 Å². The molecule has 1 atom stereocenters. The van der Waals surface area contributed by atoms with Gasteiger partial charge in [0.2, 0.25) is 0 Å². The number of piperidine rings is 3. The Kier molecular flexibility index (Phi) is 6.40. The van der Waals surface area contributed by atoms with Crippen molar-refractivity contribution < 1.29 is 9.47 Å². The zero-order chi connectivity index (χ0) is 19.3. The van der Waals surface area contributed by atoms with Crippen LogP contribution in [0.5, 0.6) is 11.5 Å². The van der Waals surface area contributed by atoms with Crippen molar-refractivity contribution in [2.24, 2.45) is 5.92 Å². The molecule has 3 aliphatic rings. The maximum Gasteiger partial charge on any atom is 0.180 e. The molecule has 3 saturated heterocycles. The summed E-state index contributed by atoms with van der Waals surface area (Å²) in [5, 5.41) is 4.35. The third kappa shape index (κ3) is 4.62. The van der Waals surface area contributed by atoms with Gasteiger partial charge in [0.15, 0.2) is 11.5 Å². The van der Waals surface area contributed by atoms with E-state index in [0.717, 1.165) is 35.9 Å². The molecule has 28 heavy (non-hydrogen) atoms. The lowest BCUT2D eigenvalue weighted by Crippen LogP contribution is -2.55. The molecule has 3 aliphatic heterocycles. The third-order valence-electron chi connectivity index (χ3n) is 5.82. The molecular formula is C23H29ClN2O2. The molecule has 4 nitrogen and oxygen atoms in total. The lowest BCUT2D eigenvalue weighted by atomic mass is 9.84. The van der Waals surface area contributed by atoms with Crippen LogP contribution in [0.2, 0.25) is 5.02 Å². The van der Waals surface area contributed by atoms with E-state index in [0.29, 0.717) is 30.0 Å². The Labute approximate surface area is 172 Å². The second-order valence-electron chi connectivity index (χ2n) is 7.74. The van der Waals surface area contributed by atoms with Crippen LogP contribution in [0.25, 0.3) is 0 Å². The first-order chi connectivity index (χ1) is 13.7. The first-order valence-corrected chi connectivity index (χ1v) is 10.7. The molecular weight excluding hydrogens is 372 g/mol. The van der Waals surface area contributed by atoms with Gasteiger partial charge in [-0.05, 0) is 62.0 Å². The fraction of sp³-hybridized carbons (Fsp3) is 0.478. The number of benzene rings is 2. The van der Waals surface area contributed by atoms with Gasteiger partial charge in [-0.2, -0.15) is 0 Å². The summed E-state index contributed by atoms with van der Waals surface area (Å²) < 4.78 is 11.9. The quantitative estimate of drug-likeness (QED) is 0.707. The number of nitrogens with one attached hydrogen (secondary N) is 1. The van der Waals surface area contributed by atoms with Crippen LogP contribution >= 0.6 is 11.6 Å². The topological polar surface area (TPSA) is 33.7 Å². The van der Waals surface area contributed by atoms with Gasteiger partial charge in [0, 0.05) is 19.1 Å². The van der Waals surface area contributed by atoms with Gasteiger partial charge in [0.1, 0.15) is 6.61 Å². The molecule has 2 bridgehead atoms. The zero-order valence-corrected chi connectivity index (χ0v) is 17.3. The lowest BCUT2D eigenvalue weighted by molar-refractivity contribution is 0.0720. The second-order valence-corrected chi connectivity index (χ2v) is 8.14. The van der Waals surface area contributed by atoms with E-state index in [1.807, 2.05) is 43.3 Å². The Hall–Kier alpha value is -1.75. The summed E-state index contributed by atoms with van der Waals surface area (Å²) in [7, 11) is 0. The Morgan fingerprint density at radius 1 is 1.07 bits per heavy atom. The van der Waals surface area contributed by atoms with Crippen LogP contribution in [-0.4, -0.2) is 37.2 Å². The van der Waals surface area contributed by atoms with Crippen LogP contribution < -0.4 is 14.8 Å². The molecule has 2 aromatic carbocycles. The summed E-state index contributed by atoms with van der Waals surface area (Å²) in [5.41, 5.74) is 2.24. The Morgan fingerprint density at radius 3 is 2.54 bits per heavy atom. The van der Waals surface area contributed by atoms with Crippen LogP contribution in [0, 0.1) is 5.92 Å². The molecule has 1 N–H and O–H groups in total. The average Bonchev–Trinajstić information content (AvgIpc) is 2.73. The molecule has 0 amide bonds. The monoisotopic (exact) mass is 400 g/mol. The minimum absolute atomic E-state index is 0.470. The molecule has 0 spiro atoms. The second kappa shape index (κ2) is 9.17. The van der Waals surface area contributed by atoms with Gasteiger partial charge >= 0.3 is 0 Å². The number of nitrogens with zero attached hydrogens (tertiary/aromatic N) is 1. The van der Waals surface area contributed by atoms with Gasteiger partial charge in [0.05, 0.1) is 11.6 Å². The summed E-state index contributed by atoms with van der Waals surface area (Å²) in [6.45, 7) is 7.51. The van der Waals surface area contributed by atoms with Gasteiger partial charge in [-0.15, -0.1) is 0 Å². The van der Waals surface area contributed by atoms with Crippen LogP contribution in [0.3, 0.4) is 0 Å². The zero-order valence-electron chi connectivity index (χ0n) is 16.5. The summed E-state index contributed by atoms with van der Waals surface area (Å²) in [6, 6.07) is 14.7. The molecule has 3 fully saturated rings. The Balaban J connectivity index is 1.43. The molecule has 150 valence electrons. The summed E-state index contributed by atoms with van der Waals surface area (Å²) in [4.78, 5) is 2.57. The van der Waals surface area contributed by atoms with E-state index >= 15 is 0 Å². The minimum atomic E-state index is 0.470. The number of hydrogen-bond acceptors (Lipinski definition) is 4. The number of fused-ring (bicyclic) bond motifs is 3. The first-order valence-electron chi connectivity index (χ1n) is 10.3. The molecule has 5 heteroatoms. The summed E-state index contributed by atoms with van der Waals surface area (Å²) in [5.74, 6) is 2.15. The van der Waals surface area contributed by atoms with E-state index in [2.05, 4.69) is 16.3 Å². The van der Waals surface area contributed by atoms with Gasteiger partial charge in [-0.1, -0.05) is 41.9 Å². The van der Waals surface area contributed by atoms with Crippen LogP contribution in [0.1, 0.15) is 30.9 Å². The van der Waals surface area contributed by atoms with Crippen molar-refractivity contribution in [2.75, 3.05) is 26.2 Å². The van der Waals surface area contributed by atoms with Gasteiger partial charge in [0.25, 0.3) is 0 Å². The normalized spacial score (nSPS) is 23.6. The van der Waals surface area contributed by atoms with E-state index in [9.17, 15) is 0 Å². The van der Waals surface area contributed by atoms with Crippen molar-refractivity contribution in [1.29, 1.82) is 0 Å². The average molecular weight is 401 g/mol. The molecule has 0 aliphatic carbocycles. The molecule has 0 saturated carbocycles. The van der Waals surface area contributed by atoms with Crippen molar-refractivity contribution in [3.05, 3.63) is 58.6 Å². The molecule has 0 aromatic heterocycles. The minimum Gasteiger partial charge on any atom is -0.490 e. The lowest BCUT2D eigenvalue weighted by Gasteiger charge is -2.45. The predicted octanol–water partition coefficient (Wildman–Crippen LogP) is 4.50. The molecule has 0 unspecified atom stereocenters. The number of rotatable bonds is 8. The van der Waals surface area contributed by atoms with Crippen LogP contribution in [0.4, 0.5) is 0 Å². The maximum absolute atomic E-state index is 6.58. The van der Waals surface area contributed by atoms with Crippen molar-refractivity contribution in [3.63, 3.8) is 0 Å². The van der Waals surface area contributed by atoms with Crippen molar-refractivity contribution in [3.8, 4) is 11.5 Å². The van der Waals surface area contributed by atoms with E-state index in [1.54, 1.807) is 0 Å². The molecule has 0 radical (unpaired) electrons. The van der Waals surface area contributed by atoms with Crippen LogP contribution in [0.15, 0.2) is 42.5 Å². The highest BCUT2D eigenvalue weighted by atomic mass is 35.5. The summed E-state index contributed by atoms with van der Waals surface area (Å²) >= 11 is 6.58. The molecule has 2 aromatic rings. The molecule has 5 rings (SSSR count). The van der Waals surface area contributed by atoms with Crippen molar-refractivity contribution in [2.45, 2.75) is 39.0 Å². The van der Waals surface area contributed by atoms with Crippen LogP contribution in [-0.2, 0) is 13.2 Å². The van der Waals surface area contributed by atoms with Gasteiger partial charge in [-0.25, -0.2) is 0 Å². The van der Waals surface area contributed by atoms with E-state index in [-0.39, 0.29) is 0 Å². The predicted molar refractivity (Wildman–Crippen MR) is 113 cm³/mol. The fourth-order valence-electron chi connectivity index (χ4n) is 4.30. The van der Waals surface area contributed by atoms with Gasteiger partial charge in [-0.3, -0.25) is 0 Å². The first kappa shape index (κ1) is 19.6. The highest BCUT2D eigenvalue weighted by Crippen LogP contribution is 2.37. The Bertz CT molecular complexity index is 776. The summed E-state index contributed by atoms with van der Waals surface area (Å²) in [6.07, 6.45) is 2.63. The fourth-order valence-corrected chi connectivity index (χ4v) is 4.59. The highest BCUT2D eigenvalue weighted by Gasteiger charge is 2.33. The van der Waals surface area contributed by atoms with E-state index in [1.165, 1.54) is 25.9 Å². The standard InChI is InChI=1S/C23H29ClN2O2/c1-2-27-22-13-18(14-25-21-15-26-10-8-19(21)9-11-26)12-20(24)23(22)28-16-17-6-4-3-5-7-17/h3-7,12-13,19,21,25H,2,8-11,14-16H2,1H3/t21-/m1/s1. The smallest absolute Gasteiger partial charge is 0.180 e. The van der Waals surface area contributed by atoms with E-state index in [4.69, 9.17) is 21.1 Å². The maximum atomic E-state index is 6.58. The highest BCUT2D eigenvalue weighted by molar-refractivity contribution is 6.32. The van der Waals surface area contributed by atoms with Gasteiger partial charge < -0.3 is 19.7 Å². The number of ether oxygens (including phenoxy) is 2. The Morgan fingerprint density at radius 2 is 1.86 bits per heavy atom. The van der Waals surface area contributed by atoms with E-state index < -0.39 is 0 Å².